The Morgan fingerprint density at radius 3 is 2.70 bits per heavy atom. The van der Waals surface area contributed by atoms with Crippen molar-refractivity contribution in [1.29, 1.82) is 0 Å². The molecular weight excluding hydrogens is 380 g/mol. The topological polar surface area (TPSA) is 78.4 Å². The predicted molar refractivity (Wildman–Crippen MR) is 93.4 cm³/mol. The third-order valence-corrected chi connectivity index (χ3v) is 5.41. The Morgan fingerprint density at radius 1 is 1.43 bits per heavy atom. The number of thiophene rings is 1. The second kappa shape index (κ2) is 6.94. The second-order valence-corrected chi connectivity index (χ2v) is 8.16. The van der Waals surface area contributed by atoms with Gasteiger partial charge in [-0.25, -0.2) is 14.8 Å². The van der Waals surface area contributed by atoms with Crippen LogP contribution in [-0.4, -0.2) is 45.7 Å². The van der Waals surface area contributed by atoms with E-state index in [1.807, 2.05) is 12.1 Å². The van der Waals surface area contributed by atoms with E-state index in [0.29, 0.717) is 24.0 Å². The normalized spacial score (nSPS) is 20.0. The van der Waals surface area contributed by atoms with Gasteiger partial charge < -0.3 is 15.3 Å². The molecular formula is C15H17BrN4O2S. The Balaban J connectivity index is 1.56. The van der Waals surface area contributed by atoms with Crippen molar-refractivity contribution in [2.45, 2.75) is 18.9 Å². The molecule has 1 saturated carbocycles. The fraction of sp³-hybridized carbons (Fsp3) is 0.400. The van der Waals surface area contributed by atoms with E-state index >= 15 is 0 Å². The summed E-state index contributed by atoms with van der Waals surface area (Å²) in [5.74, 6) is 1.02. The molecule has 0 radical (unpaired) electrons. The molecule has 3 rings (SSSR count). The number of urea groups is 1. The first-order chi connectivity index (χ1) is 11.0. The largest absolute Gasteiger partial charge is 0.393 e. The van der Waals surface area contributed by atoms with Crippen LogP contribution < -0.4 is 5.32 Å². The van der Waals surface area contributed by atoms with Crippen molar-refractivity contribution in [2.75, 3.05) is 18.9 Å². The lowest BCUT2D eigenvalue weighted by atomic mass is 9.82. The summed E-state index contributed by atoms with van der Waals surface area (Å²) < 4.78 is 1.02. The van der Waals surface area contributed by atoms with Gasteiger partial charge in [-0.3, -0.25) is 0 Å². The number of amides is 2. The van der Waals surface area contributed by atoms with Crippen molar-refractivity contribution in [3.63, 3.8) is 0 Å². The first kappa shape index (κ1) is 16.4. The molecule has 2 amide bonds. The molecule has 122 valence electrons. The predicted octanol–water partition coefficient (Wildman–Crippen LogP) is 3.20. The number of carbonyl (C=O) groups is 1. The summed E-state index contributed by atoms with van der Waals surface area (Å²) >= 11 is 4.97. The zero-order chi connectivity index (χ0) is 16.4. The zero-order valence-electron chi connectivity index (χ0n) is 12.6. The highest BCUT2D eigenvalue weighted by atomic mass is 79.9. The summed E-state index contributed by atoms with van der Waals surface area (Å²) in [4.78, 5) is 23.3. The number of anilines is 1. The molecule has 2 aromatic heterocycles. The maximum absolute atomic E-state index is 12.1. The Labute approximate surface area is 146 Å². The smallest absolute Gasteiger partial charge is 0.321 e. The molecule has 2 heterocycles. The minimum atomic E-state index is -0.199. The molecule has 0 atom stereocenters. The van der Waals surface area contributed by atoms with Crippen molar-refractivity contribution < 1.29 is 9.90 Å². The molecule has 0 aromatic carbocycles. The van der Waals surface area contributed by atoms with E-state index in [1.54, 1.807) is 35.7 Å². The van der Waals surface area contributed by atoms with Gasteiger partial charge >= 0.3 is 6.03 Å². The first-order valence-corrected chi connectivity index (χ1v) is 8.90. The molecule has 0 spiro atoms. The van der Waals surface area contributed by atoms with Crippen molar-refractivity contribution in [3.05, 3.63) is 28.3 Å². The van der Waals surface area contributed by atoms with Gasteiger partial charge in [0.2, 0.25) is 0 Å². The van der Waals surface area contributed by atoms with E-state index in [9.17, 15) is 9.90 Å². The van der Waals surface area contributed by atoms with Gasteiger partial charge in [-0.2, -0.15) is 0 Å². The zero-order valence-corrected chi connectivity index (χ0v) is 15.0. The Morgan fingerprint density at radius 2 is 2.13 bits per heavy atom. The van der Waals surface area contributed by atoms with Gasteiger partial charge in [0.05, 0.1) is 32.8 Å². The quantitative estimate of drug-likeness (QED) is 0.831. The van der Waals surface area contributed by atoms with E-state index < -0.39 is 0 Å². The minimum Gasteiger partial charge on any atom is -0.393 e. The average molecular weight is 397 g/mol. The number of carbonyl (C=O) groups excluding carboxylic acids is 1. The standard InChI is InChI=1S/C15H17BrN4O2S/c1-20(8-9-4-11(21)5-9)15(22)19-10-6-17-14(18-7-10)12-2-3-13(16)23-12/h2-3,6-7,9,11,21H,4-5,8H2,1H3,(H,19,22). The van der Waals surface area contributed by atoms with Gasteiger partial charge in [-0.1, -0.05) is 0 Å². The third-order valence-electron chi connectivity index (χ3n) is 3.79. The maximum atomic E-state index is 12.1. The van der Waals surface area contributed by atoms with E-state index in [-0.39, 0.29) is 12.1 Å². The van der Waals surface area contributed by atoms with Crippen LogP contribution in [0.1, 0.15) is 12.8 Å². The highest BCUT2D eigenvalue weighted by molar-refractivity contribution is 9.11. The SMILES string of the molecule is CN(CC1CC(O)C1)C(=O)Nc1cnc(-c2ccc(Br)s2)nc1. The molecule has 1 fully saturated rings. The molecule has 0 aliphatic heterocycles. The number of nitrogens with zero attached hydrogens (tertiary/aromatic N) is 3. The summed E-state index contributed by atoms with van der Waals surface area (Å²) in [6.07, 6.45) is 4.55. The van der Waals surface area contributed by atoms with Gasteiger partial charge in [0.1, 0.15) is 0 Å². The Kier molecular flexibility index (Phi) is 4.93. The monoisotopic (exact) mass is 396 g/mol. The highest BCUT2D eigenvalue weighted by Gasteiger charge is 2.29. The number of aliphatic hydroxyl groups is 1. The minimum absolute atomic E-state index is 0.193. The summed E-state index contributed by atoms with van der Waals surface area (Å²) in [6.45, 7) is 0.644. The fourth-order valence-corrected chi connectivity index (χ4v) is 3.83. The maximum Gasteiger partial charge on any atom is 0.321 e. The van der Waals surface area contributed by atoms with Crippen LogP contribution >= 0.6 is 27.3 Å². The van der Waals surface area contributed by atoms with Gasteiger partial charge in [-0.05, 0) is 46.8 Å². The van der Waals surface area contributed by atoms with E-state index in [1.165, 1.54) is 0 Å². The van der Waals surface area contributed by atoms with Crippen LogP contribution in [-0.2, 0) is 0 Å². The number of aliphatic hydroxyl groups excluding tert-OH is 1. The van der Waals surface area contributed by atoms with Gasteiger partial charge in [-0.15, -0.1) is 11.3 Å². The van der Waals surface area contributed by atoms with E-state index in [4.69, 9.17) is 0 Å². The lowest BCUT2D eigenvalue weighted by Crippen LogP contribution is -2.41. The molecule has 1 aliphatic carbocycles. The van der Waals surface area contributed by atoms with Crippen LogP contribution in [0, 0.1) is 5.92 Å². The van der Waals surface area contributed by atoms with E-state index in [0.717, 1.165) is 21.5 Å². The van der Waals surface area contributed by atoms with Crippen LogP contribution in [0.2, 0.25) is 0 Å². The van der Waals surface area contributed by atoms with Crippen molar-refractivity contribution in [2.24, 2.45) is 5.92 Å². The van der Waals surface area contributed by atoms with Crippen molar-refractivity contribution in [1.82, 2.24) is 14.9 Å². The Bertz CT molecular complexity index is 685. The van der Waals surface area contributed by atoms with Crippen LogP contribution in [0.3, 0.4) is 0 Å². The number of halogens is 1. The van der Waals surface area contributed by atoms with Crippen molar-refractivity contribution >= 4 is 39.0 Å². The molecule has 6 nitrogen and oxygen atoms in total. The number of hydrogen-bond donors (Lipinski definition) is 2. The lowest BCUT2D eigenvalue weighted by Gasteiger charge is -2.34. The molecule has 1 aliphatic rings. The molecule has 23 heavy (non-hydrogen) atoms. The fourth-order valence-electron chi connectivity index (χ4n) is 2.49. The van der Waals surface area contributed by atoms with Gasteiger partial charge in [0.15, 0.2) is 5.82 Å². The highest BCUT2D eigenvalue weighted by Crippen LogP contribution is 2.29. The van der Waals surface area contributed by atoms with Crippen LogP contribution in [0.25, 0.3) is 10.7 Å². The molecule has 8 heteroatoms. The Hall–Kier alpha value is -1.51. The van der Waals surface area contributed by atoms with Crippen molar-refractivity contribution in [3.8, 4) is 10.7 Å². The van der Waals surface area contributed by atoms with Crippen LogP contribution in [0.15, 0.2) is 28.3 Å². The molecule has 0 saturated heterocycles. The van der Waals surface area contributed by atoms with Crippen LogP contribution in [0.5, 0.6) is 0 Å². The number of aromatic nitrogens is 2. The first-order valence-electron chi connectivity index (χ1n) is 7.29. The summed E-state index contributed by atoms with van der Waals surface area (Å²) in [5, 5.41) is 12.1. The average Bonchev–Trinajstić information content (AvgIpc) is 2.93. The second-order valence-electron chi connectivity index (χ2n) is 5.70. The lowest BCUT2D eigenvalue weighted by molar-refractivity contribution is 0.0332. The van der Waals surface area contributed by atoms with Gasteiger partial charge in [0.25, 0.3) is 0 Å². The summed E-state index contributed by atoms with van der Waals surface area (Å²) in [5.41, 5.74) is 0.565. The number of nitrogens with one attached hydrogen (secondary N) is 1. The number of hydrogen-bond acceptors (Lipinski definition) is 5. The molecule has 0 unspecified atom stereocenters. The molecule has 2 aromatic rings. The molecule has 2 N–H and O–H groups in total. The summed E-state index contributed by atoms with van der Waals surface area (Å²) in [7, 11) is 1.75. The van der Waals surface area contributed by atoms with E-state index in [2.05, 4.69) is 31.2 Å². The third kappa shape index (κ3) is 4.07. The summed E-state index contributed by atoms with van der Waals surface area (Å²) in [6, 6.07) is 3.70. The molecule has 0 bridgehead atoms. The van der Waals surface area contributed by atoms with Crippen LogP contribution in [0.4, 0.5) is 10.5 Å². The van der Waals surface area contributed by atoms with Gasteiger partial charge in [0, 0.05) is 13.6 Å². The number of rotatable bonds is 4.